The summed E-state index contributed by atoms with van der Waals surface area (Å²) in [7, 11) is 0. The average Bonchev–Trinajstić information content (AvgIpc) is 3.59. The van der Waals surface area contributed by atoms with Gasteiger partial charge in [0.15, 0.2) is 17.6 Å². The molecule has 0 saturated heterocycles. The fourth-order valence-electron chi connectivity index (χ4n) is 4.69. The number of aryl methyl sites for hydroxylation is 1. The molecule has 2 heterocycles. The van der Waals surface area contributed by atoms with Gasteiger partial charge in [-0.25, -0.2) is 0 Å². The van der Waals surface area contributed by atoms with Gasteiger partial charge >= 0.3 is 0 Å². The van der Waals surface area contributed by atoms with Gasteiger partial charge in [0, 0.05) is 19.5 Å². The van der Waals surface area contributed by atoms with Gasteiger partial charge in [0.05, 0.1) is 18.1 Å². The standard InChI is InChI=1S/C31H47N3O5/c1-22(18-33-19-23(2)35)25-17-28(34-20-25)30(37)21-38-31-16-24(10-14-29(31)36)9-11-27-13-12-26(39-27)8-6-4-3-5-7-15-32/h10,12-14,16-17,20,22-23,26,30,33,35,37,39H,3-9,11,15,18-19,21,32H2,1-2H3/p+1. The fraction of sp³-hybridized carbons (Fsp3) is 0.581. The van der Waals surface area contributed by atoms with E-state index >= 15 is 0 Å². The van der Waals surface area contributed by atoms with Gasteiger partial charge in [-0.1, -0.05) is 25.3 Å². The number of nitrogens with one attached hydrogen (secondary N) is 1. The Balaban J connectivity index is 1.38. The summed E-state index contributed by atoms with van der Waals surface area (Å²) in [5, 5.41) is 33.5. The van der Waals surface area contributed by atoms with Crippen molar-refractivity contribution >= 4 is 6.21 Å². The van der Waals surface area contributed by atoms with Crippen LogP contribution in [0.1, 0.15) is 64.4 Å². The lowest BCUT2D eigenvalue weighted by molar-refractivity contribution is -0.0482. The van der Waals surface area contributed by atoms with Crippen molar-refractivity contribution in [1.82, 2.24) is 5.32 Å². The second-order valence-electron chi connectivity index (χ2n) is 10.8. The Hall–Kier alpha value is -2.49. The molecule has 0 spiro atoms. The number of nitrogens with two attached hydrogens (primary N) is 1. The van der Waals surface area contributed by atoms with E-state index in [1.807, 2.05) is 18.2 Å². The Kier molecular flexibility index (Phi) is 13.2. The van der Waals surface area contributed by atoms with E-state index in [1.165, 1.54) is 25.7 Å². The topological polar surface area (TPSA) is 133 Å². The number of aliphatic imine (C=N–C) groups is 1. The highest BCUT2D eigenvalue weighted by atomic mass is 16.5. The minimum atomic E-state index is -0.907. The molecule has 0 bridgehead atoms. The third-order valence-corrected chi connectivity index (χ3v) is 7.12. The molecule has 0 aliphatic carbocycles. The van der Waals surface area contributed by atoms with Crippen LogP contribution in [0.25, 0.3) is 0 Å². The molecule has 0 saturated carbocycles. The number of hydrogen-bond acceptors (Lipinski definition) is 7. The van der Waals surface area contributed by atoms with Crippen molar-refractivity contribution in [2.75, 3.05) is 26.2 Å². The summed E-state index contributed by atoms with van der Waals surface area (Å²) in [5.74, 6) is 1.61. The molecule has 4 atom stereocenters. The first kappa shape index (κ1) is 31.0. The number of aromatic hydroxyl groups is 1. The van der Waals surface area contributed by atoms with Crippen molar-refractivity contribution < 1.29 is 24.8 Å². The van der Waals surface area contributed by atoms with E-state index < -0.39 is 12.2 Å². The van der Waals surface area contributed by atoms with Crippen LogP contribution in [0.15, 0.2) is 47.1 Å². The van der Waals surface area contributed by atoms with Crippen molar-refractivity contribution in [3.05, 3.63) is 59.7 Å². The highest BCUT2D eigenvalue weighted by molar-refractivity contribution is 5.83. The number of hydrogen-bond donors (Lipinski definition) is 5. The number of unbranched alkanes of at least 4 members (excludes halogenated alkanes) is 4. The summed E-state index contributed by atoms with van der Waals surface area (Å²) in [5.41, 5.74) is 7.14. The number of phenolic OH excluding ortho intramolecular Hbond substituents is 1. The van der Waals surface area contributed by atoms with Gasteiger partial charge in [0.1, 0.15) is 30.9 Å². The van der Waals surface area contributed by atoms with E-state index in [4.69, 9.17) is 15.2 Å². The van der Waals surface area contributed by atoms with Crippen LogP contribution in [0.4, 0.5) is 0 Å². The van der Waals surface area contributed by atoms with Crippen LogP contribution in [-0.4, -0.2) is 70.8 Å². The highest BCUT2D eigenvalue weighted by Gasteiger charge is 2.31. The first-order valence-corrected chi connectivity index (χ1v) is 14.4. The molecule has 0 radical (unpaired) electrons. The summed E-state index contributed by atoms with van der Waals surface area (Å²) < 4.78 is 10.6. The Morgan fingerprint density at radius 1 is 1.15 bits per heavy atom. The van der Waals surface area contributed by atoms with E-state index in [1.54, 1.807) is 19.2 Å². The lowest BCUT2D eigenvalue weighted by atomic mass is 9.95. The van der Waals surface area contributed by atoms with Gasteiger partial charge in [-0.15, -0.1) is 17.1 Å². The molecule has 4 unspecified atom stereocenters. The number of rotatable bonds is 19. The van der Waals surface area contributed by atoms with E-state index in [9.17, 15) is 15.3 Å². The van der Waals surface area contributed by atoms with Gasteiger partial charge < -0.3 is 35.8 Å². The highest BCUT2D eigenvalue weighted by Crippen LogP contribution is 2.30. The predicted octanol–water partition coefficient (Wildman–Crippen LogP) is 3.51. The summed E-state index contributed by atoms with van der Waals surface area (Å²) in [4.78, 5) is 4.35. The molecule has 3 rings (SSSR count). The number of nitrogens with zero attached hydrogens (tertiary/aromatic N) is 1. The molecule has 2 aliphatic heterocycles. The van der Waals surface area contributed by atoms with Crippen LogP contribution in [-0.2, 0) is 6.42 Å². The third-order valence-electron chi connectivity index (χ3n) is 7.12. The van der Waals surface area contributed by atoms with Crippen LogP contribution in [0.2, 0.25) is 0 Å². The number of allylic oxidation sites excluding steroid dienone is 1. The SMILES string of the molecule is CC(O)CNCC(C)[C+]1C=NC(C(O)COc2cc(CC[C-]3C=CC(CCCCCCCN)[OH+]3)ccc2O)=C1. The summed E-state index contributed by atoms with van der Waals surface area (Å²) in [6, 6.07) is 5.37. The van der Waals surface area contributed by atoms with Crippen LogP contribution < -0.4 is 15.8 Å². The molecule has 8 heteroatoms. The largest absolute Gasteiger partial charge is 0.504 e. The molecule has 8 nitrogen and oxygen atoms in total. The average molecular weight is 543 g/mol. The summed E-state index contributed by atoms with van der Waals surface area (Å²) in [6.07, 6.45) is 16.8. The number of ether oxygens (including phenoxy) is 2. The Bertz CT molecular complexity index is 948. The zero-order valence-electron chi connectivity index (χ0n) is 23.6. The first-order chi connectivity index (χ1) is 18.9. The maximum absolute atomic E-state index is 10.6. The molecule has 7 N–H and O–H groups in total. The number of phenols is 1. The maximum atomic E-state index is 10.6. The number of benzene rings is 1. The molecule has 0 fully saturated rings. The lowest BCUT2D eigenvalue weighted by Crippen LogP contribution is -2.30. The zero-order chi connectivity index (χ0) is 28.0. The van der Waals surface area contributed by atoms with Crippen molar-refractivity contribution in [3.8, 4) is 11.5 Å². The van der Waals surface area contributed by atoms with Crippen LogP contribution >= 0.6 is 0 Å². The molecule has 0 amide bonds. The van der Waals surface area contributed by atoms with Crippen molar-refractivity contribution in [3.63, 3.8) is 0 Å². The molecule has 2 aliphatic rings. The monoisotopic (exact) mass is 542 g/mol. The molecule has 216 valence electrons. The van der Waals surface area contributed by atoms with E-state index in [0.29, 0.717) is 30.6 Å². The fourth-order valence-corrected chi connectivity index (χ4v) is 4.69. The summed E-state index contributed by atoms with van der Waals surface area (Å²) in [6.45, 7) is 5.84. The van der Waals surface area contributed by atoms with Crippen molar-refractivity contribution in [2.45, 2.75) is 83.5 Å². The molecule has 1 aromatic carbocycles. The first-order valence-electron chi connectivity index (χ1n) is 14.4. The second-order valence-corrected chi connectivity index (χ2v) is 10.8. The van der Waals surface area contributed by atoms with Crippen molar-refractivity contribution in [2.24, 2.45) is 16.6 Å². The van der Waals surface area contributed by atoms with E-state index in [0.717, 1.165) is 49.8 Å². The normalized spacial score (nSPS) is 19.0. The third kappa shape index (κ3) is 10.9. The van der Waals surface area contributed by atoms with Gasteiger partial charge in [-0.2, -0.15) is 0 Å². The molecule has 39 heavy (non-hydrogen) atoms. The smallest absolute Gasteiger partial charge is 0.207 e. The second kappa shape index (κ2) is 16.6. The number of aliphatic hydroxyl groups excluding tert-OH is 2. The molecular weight excluding hydrogens is 494 g/mol. The molecule has 1 aromatic rings. The van der Waals surface area contributed by atoms with Crippen LogP contribution in [0.3, 0.4) is 0 Å². The molecule has 0 aromatic heterocycles. The lowest BCUT2D eigenvalue weighted by Gasteiger charge is -2.18. The summed E-state index contributed by atoms with van der Waals surface area (Å²) >= 11 is 0. The van der Waals surface area contributed by atoms with Crippen LogP contribution in [0, 0.1) is 17.9 Å². The predicted molar refractivity (Wildman–Crippen MR) is 157 cm³/mol. The quantitative estimate of drug-likeness (QED) is 0.103. The number of aliphatic hydroxyl groups is 4. The van der Waals surface area contributed by atoms with E-state index in [-0.39, 0.29) is 18.3 Å². The maximum Gasteiger partial charge on any atom is 0.207 e. The Labute approximate surface area is 234 Å². The zero-order valence-corrected chi connectivity index (χ0v) is 23.6. The minimum Gasteiger partial charge on any atom is -0.504 e. The Morgan fingerprint density at radius 3 is 2.74 bits per heavy atom. The molecular formula is C31H48N3O5+. The van der Waals surface area contributed by atoms with Gasteiger partial charge in [-0.05, 0) is 63.8 Å². The van der Waals surface area contributed by atoms with E-state index in [2.05, 4.69) is 29.4 Å². The van der Waals surface area contributed by atoms with Crippen molar-refractivity contribution in [1.29, 1.82) is 0 Å². The van der Waals surface area contributed by atoms with Crippen LogP contribution in [0.5, 0.6) is 11.5 Å². The minimum absolute atomic E-state index is 0.00846. The van der Waals surface area contributed by atoms with Gasteiger partial charge in [0.2, 0.25) is 5.70 Å². The van der Waals surface area contributed by atoms with Gasteiger partial charge in [-0.3, -0.25) is 0 Å². The van der Waals surface area contributed by atoms with Gasteiger partial charge in [0.25, 0.3) is 0 Å². The Morgan fingerprint density at radius 2 is 1.95 bits per heavy atom.